The predicted molar refractivity (Wildman–Crippen MR) is 93.8 cm³/mol. The lowest BCUT2D eigenvalue weighted by Gasteiger charge is -2.10. The standard InChI is InChI=1S/C17H13BrF2N4/c1-10-8-12(3-4-13(10)18)22-16-6-7-21-17(24-16)23-15-5-2-11(19)9-14(15)20/h2-9H,1H3,(H2,21,22,23,24). The van der Waals surface area contributed by atoms with E-state index < -0.39 is 11.6 Å². The first kappa shape index (κ1) is 16.3. The van der Waals surface area contributed by atoms with Crippen molar-refractivity contribution in [2.45, 2.75) is 6.92 Å². The molecule has 0 atom stereocenters. The van der Waals surface area contributed by atoms with Gasteiger partial charge in [-0.1, -0.05) is 15.9 Å². The third-order valence-corrected chi connectivity index (χ3v) is 4.15. The summed E-state index contributed by atoms with van der Waals surface area (Å²) in [7, 11) is 0. The van der Waals surface area contributed by atoms with Crippen molar-refractivity contribution in [3.63, 3.8) is 0 Å². The van der Waals surface area contributed by atoms with Gasteiger partial charge in [0.25, 0.3) is 0 Å². The summed E-state index contributed by atoms with van der Waals surface area (Å²) in [5, 5.41) is 5.89. The molecule has 0 bridgehead atoms. The fraction of sp³-hybridized carbons (Fsp3) is 0.0588. The van der Waals surface area contributed by atoms with Crippen molar-refractivity contribution in [1.82, 2.24) is 9.97 Å². The number of hydrogen-bond acceptors (Lipinski definition) is 4. The van der Waals surface area contributed by atoms with E-state index in [9.17, 15) is 8.78 Å². The van der Waals surface area contributed by atoms with Crippen LogP contribution in [0.2, 0.25) is 0 Å². The first-order valence-electron chi connectivity index (χ1n) is 7.09. The van der Waals surface area contributed by atoms with Crippen LogP contribution in [0.3, 0.4) is 0 Å². The molecule has 1 aromatic heterocycles. The molecule has 0 saturated carbocycles. The average molecular weight is 391 g/mol. The minimum atomic E-state index is -0.708. The van der Waals surface area contributed by atoms with Crippen LogP contribution in [0.4, 0.5) is 31.9 Å². The van der Waals surface area contributed by atoms with Crippen molar-refractivity contribution >= 4 is 39.1 Å². The van der Waals surface area contributed by atoms with Gasteiger partial charge in [0, 0.05) is 22.4 Å². The van der Waals surface area contributed by atoms with Crippen LogP contribution in [0.25, 0.3) is 0 Å². The van der Waals surface area contributed by atoms with Crippen LogP contribution in [0, 0.1) is 18.6 Å². The summed E-state index contributed by atoms with van der Waals surface area (Å²) in [5.41, 5.74) is 2.06. The summed E-state index contributed by atoms with van der Waals surface area (Å²) in [6.07, 6.45) is 1.55. The lowest BCUT2D eigenvalue weighted by Crippen LogP contribution is -2.02. The largest absolute Gasteiger partial charge is 0.340 e. The van der Waals surface area contributed by atoms with E-state index in [0.29, 0.717) is 5.82 Å². The number of benzene rings is 2. The number of aryl methyl sites for hydroxylation is 1. The van der Waals surface area contributed by atoms with Crippen molar-refractivity contribution in [1.29, 1.82) is 0 Å². The molecule has 0 saturated heterocycles. The molecular formula is C17H13BrF2N4. The summed E-state index contributed by atoms with van der Waals surface area (Å²) in [6, 6.07) is 10.8. The van der Waals surface area contributed by atoms with E-state index >= 15 is 0 Å². The molecule has 7 heteroatoms. The smallest absolute Gasteiger partial charge is 0.229 e. The van der Waals surface area contributed by atoms with Gasteiger partial charge in [-0.2, -0.15) is 4.98 Å². The number of halogens is 3. The van der Waals surface area contributed by atoms with Crippen LogP contribution < -0.4 is 10.6 Å². The molecule has 0 fully saturated rings. The highest BCUT2D eigenvalue weighted by Crippen LogP contribution is 2.23. The number of nitrogens with zero attached hydrogens (tertiary/aromatic N) is 2. The van der Waals surface area contributed by atoms with Gasteiger partial charge in [0.2, 0.25) is 5.95 Å². The molecule has 0 aliphatic carbocycles. The van der Waals surface area contributed by atoms with Crippen molar-refractivity contribution < 1.29 is 8.78 Å². The van der Waals surface area contributed by atoms with E-state index in [2.05, 4.69) is 36.5 Å². The SMILES string of the molecule is Cc1cc(Nc2ccnc(Nc3ccc(F)cc3F)n2)ccc1Br. The van der Waals surface area contributed by atoms with E-state index in [1.807, 2.05) is 25.1 Å². The molecular weight excluding hydrogens is 378 g/mol. The van der Waals surface area contributed by atoms with Gasteiger partial charge >= 0.3 is 0 Å². The maximum absolute atomic E-state index is 13.7. The highest BCUT2D eigenvalue weighted by Gasteiger charge is 2.07. The Labute approximate surface area is 146 Å². The quantitative estimate of drug-likeness (QED) is 0.633. The first-order valence-corrected chi connectivity index (χ1v) is 7.89. The molecule has 122 valence electrons. The van der Waals surface area contributed by atoms with Gasteiger partial charge in [-0.05, 0) is 48.9 Å². The highest BCUT2D eigenvalue weighted by atomic mass is 79.9. The molecule has 2 N–H and O–H groups in total. The zero-order valence-electron chi connectivity index (χ0n) is 12.6. The molecule has 2 aromatic carbocycles. The van der Waals surface area contributed by atoms with Crippen molar-refractivity contribution in [2.75, 3.05) is 10.6 Å². The summed E-state index contributed by atoms with van der Waals surface area (Å²) >= 11 is 3.45. The average Bonchev–Trinajstić information content (AvgIpc) is 2.54. The Morgan fingerprint density at radius 3 is 2.58 bits per heavy atom. The monoisotopic (exact) mass is 390 g/mol. The molecule has 0 radical (unpaired) electrons. The van der Waals surface area contributed by atoms with Gasteiger partial charge in [0.05, 0.1) is 5.69 Å². The number of nitrogens with one attached hydrogen (secondary N) is 2. The van der Waals surface area contributed by atoms with Crippen LogP contribution in [-0.2, 0) is 0 Å². The van der Waals surface area contributed by atoms with E-state index in [1.54, 1.807) is 12.3 Å². The van der Waals surface area contributed by atoms with Crippen LogP contribution in [-0.4, -0.2) is 9.97 Å². The van der Waals surface area contributed by atoms with Crippen molar-refractivity contribution in [3.8, 4) is 0 Å². The Hall–Kier alpha value is -2.54. The Morgan fingerprint density at radius 2 is 1.83 bits per heavy atom. The first-order chi connectivity index (χ1) is 11.5. The van der Waals surface area contributed by atoms with Crippen molar-refractivity contribution in [3.05, 3.63) is 70.3 Å². The Kier molecular flexibility index (Phi) is 4.71. The predicted octanol–water partition coefficient (Wildman–Crippen LogP) is 5.31. The Morgan fingerprint density at radius 1 is 1.00 bits per heavy atom. The van der Waals surface area contributed by atoms with E-state index in [0.717, 1.165) is 27.9 Å². The molecule has 0 aliphatic rings. The molecule has 0 unspecified atom stereocenters. The molecule has 0 amide bonds. The molecule has 3 rings (SSSR count). The van der Waals surface area contributed by atoms with E-state index in [4.69, 9.17) is 0 Å². The van der Waals surface area contributed by atoms with E-state index in [-0.39, 0.29) is 11.6 Å². The van der Waals surface area contributed by atoms with Gasteiger partial charge in [-0.3, -0.25) is 0 Å². The molecule has 0 spiro atoms. The van der Waals surface area contributed by atoms with Gasteiger partial charge < -0.3 is 10.6 Å². The third kappa shape index (κ3) is 3.86. The Bertz CT molecular complexity index is 886. The summed E-state index contributed by atoms with van der Waals surface area (Å²) < 4.78 is 27.6. The van der Waals surface area contributed by atoms with Gasteiger partial charge in [-0.15, -0.1) is 0 Å². The maximum atomic E-state index is 13.7. The van der Waals surface area contributed by atoms with Crippen LogP contribution in [0.1, 0.15) is 5.56 Å². The van der Waals surface area contributed by atoms with Gasteiger partial charge in [0.15, 0.2) is 0 Å². The molecule has 0 aliphatic heterocycles. The fourth-order valence-electron chi connectivity index (χ4n) is 2.07. The van der Waals surface area contributed by atoms with Crippen LogP contribution >= 0.6 is 15.9 Å². The number of anilines is 4. The minimum absolute atomic E-state index is 0.105. The summed E-state index contributed by atoms with van der Waals surface area (Å²) in [6.45, 7) is 1.99. The molecule has 24 heavy (non-hydrogen) atoms. The second-order valence-electron chi connectivity index (χ2n) is 5.10. The minimum Gasteiger partial charge on any atom is -0.340 e. The van der Waals surface area contributed by atoms with Gasteiger partial charge in [-0.25, -0.2) is 13.8 Å². The Balaban J connectivity index is 1.79. The lowest BCUT2D eigenvalue weighted by molar-refractivity contribution is 0.586. The molecule has 3 aromatic rings. The number of hydrogen-bond donors (Lipinski definition) is 2. The second-order valence-corrected chi connectivity index (χ2v) is 5.96. The topological polar surface area (TPSA) is 49.8 Å². The third-order valence-electron chi connectivity index (χ3n) is 3.26. The number of rotatable bonds is 4. The fourth-order valence-corrected chi connectivity index (χ4v) is 2.32. The summed E-state index contributed by atoms with van der Waals surface area (Å²) in [5.74, 6) is -0.587. The maximum Gasteiger partial charge on any atom is 0.229 e. The highest BCUT2D eigenvalue weighted by molar-refractivity contribution is 9.10. The zero-order chi connectivity index (χ0) is 17.1. The lowest BCUT2D eigenvalue weighted by atomic mass is 10.2. The zero-order valence-corrected chi connectivity index (χ0v) is 14.2. The van der Waals surface area contributed by atoms with Crippen LogP contribution in [0.15, 0.2) is 53.1 Å². The molecule has 4 nitrogen and oxygen atoms in total. The van der Waals surface area contributed by atoms with Crippen molar-refractivity contribution in [2.24, 2.45) is 0 Å². The van der Waals surface area contributed by atoms with Gasteiger partial charge in [0.1, 0.15) is 17.5 Å². The normalized spacial score (nSPS) is 10.5. The second kappa shape index (κ2) is 6.92. The number of aromatic nitrogens is 2. The van der Waals surface area contributed by atoms with Crippen LogP contribution in [0.5, 0.6) is 0 Å². The summed E-state index contributed by atoms with van der Waals surface area (Å²) in [4.78, 5) is 8.31. The molecule has 1 heterocycles. The van der Waals surface area contributed by atoms with E-state index in [1.165, 1.54) is 6.07 Å².